The Bertz CT molecular complexity index is 444. The van der Waals surface area contributed by atoms with Crippen molar-refractivity contribution in [3.8, 4) is 0 Å². The van der Waals surface area contributed by atoms with Crippen LogP contribution in [0.25, 0.3) is 0 Å². The Morgan fingerprint density at radius 3 is 2.13 bits per heavy atom. The van der Waals surface area contributed by atoms with E-state index < -0.39 is 42.3 Å². The molecule has 0 radical (unpaired) electrons. The van der Waals surface area contributed by atoms with E-state index in [9.17, 15) is 19.2 Å². The summed E-state index contributed by atoms with van der Waals surface area (Å²) in [6.07, 6.45) is 0.496. The van der Waals surface area contributed by atoms with Gasteiger partial charge in [0.1, 0.15) is 6.04 Å². The van der Waals surface area contributed by atoms with Gasteiger partial charge < -0.3 is 26.8 Å². The van der Waals surface area contributed by atoms with Crippen molar-refractivity contribution in [2.75, 3.05) is 18.8 Å². The number of carbonyl (C=O) groups is 4. The predicted molar refractivity (Wildman–Crippen MR) is 86.9 cm³/mol. The lowest BCUT2D eigenvalue weighted by molar-refractivity contribution is -0.141. The van der Waals surface area contributed by atoms with Crippen LogP contribution in [0.1, 0.15) is 20.3 Å². The number of aliphatic carboxylic acids is 1. The maximum absolute atomic E-state index is 11.6. The molecule has 10 heteroatoms. The van der Waals surface area contributed by atoms with Crippen LogP contribution < -0.4 is 21.7 Å². The predicted octanol–water partition coefficient (Wildman–Crippen LogP) is -1.91. The van der Waals surface area contributed by atoms with Gasteiger partial charge in [-0.25, -0.2) is 4.79 Å². The molecule has 2 atom stereocenters. The molecule has 2 unspecified atom stereocenters. The summed E-state index contributed by atoms with van der Waals surface area (Å²) < 4.78 is 0. The summed E-state index contributed by atoms with van der Waals surface area (Å²) in [5.74, 6) is -2.72. The monoisotopic (exact) mass is 348 g/mol. The zero-order valence-electron chi connectivity index (χ0n) is 13.2. The highest BCUT2D eigenvalue weighted by atomic mass is 32.1. The highest BCUT2D eigenvalue weighted by Crippen LogP contribution is 2.02. The minimum Gasteiger partial charge on any atom is -0.480 e. The van der Waals surface area contributed by atoms with Crippen LogP contribution in [-0.4, -0.2) is 59.7 Å². The van der Waals surface area contributed by atoms with Crippen LogP contribution in [0.2, 0.25) is 0 Å². The van der Waals surface area contributed by atoms with Crippen molar-refractivity contribution < 1.29 is 24.3 Å². The first-order valence-electron chi connectivity index (χ1n) is 7.10. The summed E-state index contributed by atoms with van der Waals surface area (Å²) in [7, 11) is 0. The molecule has 0 fully saturated rings. The zero-order valence-corrected chi connectivity index (χ0v) is 14.1. The van der Waals surface area contributed by atoms with E-state index in [1.54, 1.807) is 0 Å². The third-order valence-electron chi connectivity index (χ3n) is 2.75. The van der Waals surface area contributed by atoms with Crippen molar-refractivity contribution in [1.82, 2.24) is 16.0 Å². The van der Waals surface area contributed by atoms with Crippen LogP contribution in [0, 0.1) is 5.92 Å². The number of carboxylic acid groups (broad SMARTS) is 1. The van der Waals surface area contributed by atoms with Crippen LogP contribution in [0.4, 0.5) is 0 Å². The van der Waals surface area contributed by atoms with Crippen molar-refractivity contribution in [3.05, 3.63) is 0 Å². The van der Waals surface area contributed by atoms with E-state index in [1.165, 1.54) is 0 Å². The van der Waals surface area contributed by atoms with Gasteiger partial charge in [-0.3, -0.25) is 14.4 Å². The number of amides is 3. The van der Waals surface area contributed by atoms with Gasteiger partial charge in [-0.15, -0.1) is 0 Å². The van der Waals surface area contributed by atoms with Crippen molar-refractivity contribution in [2.45, 2.75) is 32.4 Å². The molecular formula is C13H24N4O5S. The fourth-order valence-corrected chi connectivity index (χ4v) is 1.83. The Morgan fingerprint density at radius 2 is 1.65 bits per heavy atom. The van der Waals surface area contributed by atoms with Gasteiger partial charge in [0.2, 0.25) is 17.7 Å². The minimum atomic E-state index is -1.22. The number of thiol groups is 1. The molecule has 9 nitrogen and oxygen atoms in total. The molecule has 132 valence electrons. The van der Waals surface area contributed by atoms with E-state index in [0.29, 0.717) is 6.42 Å². The normalized spacial score (nSPS) is 13.1. The summed E-state index contributed by atoms with van der Waals surface area (Å²) in [5.41, 5.74) is 5.65. The molecule has 0 aliphatic rings. The van der Waals surface area contributed by atoms with Crippen LogP contribution in [-0.2, 0) is 19.2 Å². The molecule has 0 aromatic heterocycles. The highest BCUT2D eigenvalue weighted by Gasteiger charge is 2.19. The number of nitrogens with one attached hydrogen (secondary N) is 3. The lowest BCUT2D eigenvalue weighted by Crippen LogP contribution is -2.49. The average molecular weight is 348 g/mol. The van der Waals surface area contributed by atoms with Gasteiger partial charge in [0.15, 0.2) is 0 Å². The smallest absolute Gasteiger partial charge is 0.327 e. The van der Waals surface area contributed by atoms with E-state index in [-0.39, 0.29) is 18.2 Å². The van der Waals surface area contributed by atoms with E-state index in [0.717, 1.165) is 0 Å². The molecule has 0 aliphatic carbocycles. The maximum atomic E-state index is 11.6. The molecule has 0 spiro atoms. The van der Waals surface area contributed by atoms with E-state index in [4.69, 9.17) is 10.8 Å². The van der Waals surface area contributed by atoms with Crippen molar-refractivity contribution in [3.63, 3.8) is 0 Å². The van der Waals surface area contributed by atoms with Crippen molar-refractivity contribution in [2.24, 2.45) is 11.7 Å². The average Bonchev–Trinajstić information content (AvgIpc) is 2.46. The third kappa shape index (κ3) is 9.74. The van der Waals surface area contributed by atoms with E-state index >= 15 is 0 Å². The summed E-state index contributed by atoms with van der Waals surface area (Å²) >= 11 is 3.79. The van der Waals surface area contributed by atoms with Gasteiger partial charge in [0, 0.05) is 5.75 Å². The standard InChI is InChI=1S/C13H24N4O5S/c1-7(2)3-8(14)12(20)16-4-10(18)15-5-11(19)17-9(6-23)13(21)22/h7-9,23H,3-6,14H2,1-2H3,(H,15,18)(H,16,20)(H,17,19)(H,21,22). The fourth-order valence-electron chi connectivity index (χ4n) is 1.59. The molecule has 0 heterocycles. The Kier molecular flexibility index (Phi) is 9.99. The third-order valence-corrected chi connectivity index (χ3v) is 3.11. The first-order valence-corrected chi connectivity index (χ1v) is 7.73. The van der Waals surface area contributed by atoms with Gasteiger partial charge in [-0.05, 0) is 12.3 Å². The number of hydrogen-bond donors (Lipinski definition) is 6. The molecule has 0 saturated carbocycles. The van der Waals surface area contributed by atoms with Gasteiger partial charge in [0.25, 0.3) is 0 Å². The van der Waals surface area contributed by atoms with E-state index in [2.05, 4.69) is 28.6 Å². The number of nitrogens with two attached hydrogens (primary N) is 1. The molecule has 0 aliphatic heterocycles. The first kappa shape index (κ1) is 21.2. The van der Waals surface area contributed by atoms with Gasteiger partial charge >= 0.3 is 5.97 Å². The molecule has 0 rings (SSSR count). The Labute approximate surface area is 140 Å². The van der Waals surface area contributed by atoms with Crippen LogP contribution >= 0.6 is 12.6 Å². The molecule has 3 amide bonds. The molecule has 0 saturated heterocycles. The minimum absolute atomic E-state index is 0.0706. The maximum Gasteiger partial charge on any atom is 0.327 e. The van der Waals surface area contributed by atoms with Gasteiger partial charge in [-0.1, -0.05) is 13.8 Å². The molecule has 23 heavy (non-hydrogen) atoms. The largest absolute Gasteiger partial charge is 0.480 e. The zero-order chi connectivity index (χ0) is 18.0. The lowest BCUT2D eigenvalue weighted by Gasteiger charge is -2.14. The second kappa shape index (κ2) is 10.8. The molecule has 0 bridgehead atoms. The molecule has 0 aromatic rings. The number of rotatable bonds is 10. The number of hydrogen-bond acceptors (Lipinski definition) is 6. The molecule has 6 N–H and O–H groups in total. The number of carboxylic acids is 1. The quantitative estimate of drug-likeness (QED) is 0.254. The second-order valence-electron chi connectivity index (χ2n) is 5.37. The fraction of sp³-hybridized carbons (Fsp3) is 0.692. The summed E-state index contributed by atoms with van der Waals surface area (Å²) in [5, 5.41) is 15.6. The summed E-state index contributed by atoms with van der Waals surface area (Å²) in [6, 6.07) is -1.82. The van der Waals surface area contributed by atoms with Crippen LogP contribution in [0.3, 0.4) is 0 Å². The Hall–Kier alpha value is -1.81. The SMILES string of the molecule is CC(C)CC(N)C(=O)NCC(=O)NCC(=O)NC(CS)C(=O)O. The lowest BCUT2D eigenvalue weighted by atomic mass is 10.0. The summed E-state index contributed by atoms with van der Waals surface area (Å²) in [6.45, 7) is 3.14. The first-order chi connectivity index (χ1) is 10.7. The van der Waals surface area contributed by atoms with Crippen LogP contribution in [0.5, 0.6) is 0 Å². The molecular weight excluding hydrogens is 324 g/mol. The van der Waals surface area contributed by atoms with Gasteiger partial charge in [-0.2, -0.15) is 12.6 Å². The topological polar surface area (TPSA) is 151 Å². The van der Waals surface area contributed by atoms with Crippen LogP contribution in [0.15, 0.2) is 0 Å². The van der Waals surface area contributed by atoms with Crippen molar-refractivity contribution >= 4 is 36.3 Å². The highest BCUT2D eigenvalue weighted by molar-refractivity contribution is 7.80. The molecule has 0 aromatic carbocycles. The van der Waals surface area contributed by atoms with Crippen molar-refractivity contribution in [1.29, 1.82) is 0 Å². The summed E-state index contributed by atoms with van der Waals surface area (Å²) in [4.78, 5) is 45.3. The van der Waals surface area contributed by atoms with E-state index in [1.807, 2.05) is 13.8 Å². The van der Waals surface area contributed by atoms with Gasteiger partial charge in [0.05, 0.1) is 19.1 Å². The Balaban J connectivity index is 4.05. The number of carbonyl (C=O) groups excluding carboxylic acids is 3. The Morgan fingerprint density at radius 1 is 1.09 bits per heavy atom. The second-order valence-corrected chi connectivity index (χ2v) is 5.74.